The maximum Gasteiger partial charge on any atom is 0.416 e. The Morgan fingerprint density at radius 1 is 1.03 bits per heavy atom. The van der Waals surface area contributed by atoms with Gasteiger partial charge in [0.05, 0.1) is 23.5 Å². The average Bonchev–Trinajstić information content (AvgIpc) is 3.49. The summed E-state index contributed by atoms with van der Waals surface area (Å²) in [4.78, 5) is 7.24. The van der Waals surface area contributed by atoms with E-state index in [1.165, 1.54) is 23.5 Å². The van der Waals surface area contributed by atoms with Gasteiger partial charge in [-0.2, -0.15) is 18.2 Å². The number of benzene rings is 1. The molecule has 0 aliphatic carbocycles. The van der Waals surface area contributed by atoms with Crippen molar-refractivity contribution in [1.29, 1.82) is 0 Å². The maximum atomic E-state index is 12.7. The number of hydrogen-bond acceptors (Lipinski definition) is 8. The number of halogens is 3. The maximum absolute atomic E-state index is 12.7. The third-order valence-electron chi connectivity index (χ3n) is 4.39. The highest BCUT2D eigenvalue weighted by Crippen LogP contribution is 2.30. The van der Waals surface area contributed by atoms with Gasteiger partial charge in [-0.25, -0.2) is 0 Å². The minimum Gasteiger partial charge on any atom is -0.419 e. The minimum absolute atomic E-state index is 0.234. The molecule has 4 rings (SSSR count). The number of aromatic nitrogens is 4. The summed E-state index contributed by atoms with van der Waals surface area (Å²) in [7, 11) is 0. The SMILES string of the molecule is CCCN(Cc1nc(-c2ccc(C(F)(F)F)cc2)no1)Cc1nnc(-c2cccs2)o1. The molecule has 0 atom stereocenters. The number of alkyl halides is 3. The molecular formula is C20H18F3N5O2S. The lowest BCUT2D eigenvalue weighted by Gasteiger charge is -2.16. The lowest BCUT2D eigenvalue weighted by atomic mass is 10.1. The molecule has 0 fully saturated rings. The van der Waals surface area contributed by atoms with Gasteiger partial charge in [0.2, 0.25) is 17.6 Å². The number of thiophene rings is 1. The molecule has 162 valence electrons. The van der Waals surface area contributed by atoms with E-state index in [9.17, 15) is 13.2 Å². The van der Waals surface area contributed by atoms with Gasteiger partial charge in [0.15, 0.2) is 0 Å². The van der Waals surface area contributed by atoms with Crippen molar-refractivity contribution in [3.63, 3.8) is 0 Å². The van der Waals surface area contributed by atoms with Gasteiger partial charge < -0.3 is 8.94 Å². The van der Waals surface area contributed by atoms with Gasteiger partial charge in [0, 0.05) is 5.56 Å². The van der Waals surface area contributed by atoms with E-state index in [0.29, 0.717) is 36.3 Å². The Hall–Kier alpha value is -3.05. The van der Waals surface area contributed by atoms with Gasteiger partial charge in [-0.1, -0.05) is 30.3 Å². The lowest BCUT2D eigenvalue weighted by Crippen LogP contribution is -2.24. The standard InChI is InChI=1S/C20H18F3N5O2S/c1-2-9-28(12-17-25-26-19(29-17)15-4-3-10-31-15)11-16-24-18(27-30-16)13-5-7-14(8-6-13)20(21,22)23/h3-8,10H,2,9,11-12H2,1H3. The molecule has 4 aromatic rings. The zero-order valence-corrected chi connectivity index (χ0v) is 17.3. The second-order valence-corrected chi connectivity index (χ2v) is 7.72. The third-order valence-corrected chi connectivity index (χ3v) is 5.25. The van der Waals surface area contributed by atoms with E-state index in [0.717, 1.165) is 30.0 Å². The van der Waals surface area contributed by atoms with E-state index < -0.39 is 11.7 Å². The van der Waals surface area contributed by atoms with Crippen molar-refractivity contribution in [3.8, 4) is 22.2 Å². The average molecular weight is 449 g/mol. The van der Waals surface area contributed by atoms with E-state index in [1.807, 2.05) is 29.3 Å². The number of hydrogen-bond donors (Lipinski definition) is 0. The van der Waals surface area contributed by atoms with Crippen LogP contribution in [0, 0.1) is 0 Å². The molecule has 1 aromatic carbocycles. The first-order valence-electron chi connectivity index (χ1n) is 9.51. The molecule has 0 radical (unpaired) electrons. The van der Waals surface area contributed by atoms with Gasteiger partial charge in [0.25, 0.3) is 5.89 Å². The summed E-state index contributed by atoms with van der Waals surface area (Å²) in [5.41, 5.74) is -0.280. The molecule has 31 heavy (non-hydrogen) atoms. The molecule has 0 saturated carbocycles. The second kappa shape index (κ2) is 8.98. The van der Waals surface area contributed by atoms with Gasteiger partial charge in [-0.15, -0.1) is 21.5 Å². The highest BCUT2D eigenvalue weighted by Gasteiger charge is 2.30. The predicted molar refractivity (Wildman–Crippen MR) is 107 cm³/mol. The van der Waals surface area contributed by atoms with Crippen LogP contribution in [0.4, 0.5) is 13.2 Å². The molecule has 0 aliphatic heterocycles. The van der Waals surface area contributed by atoms with E-state index in [4.69, 9.17) is 8.94 Å². The Kier molecular flexibility index (Phi) is 6.14. The summed E-state index contributed by atoms with van der Waals surface area (Å²) in [6.45, 7) is 3.52. The molecule has 0 spiro atoms. The van der Waals surface area contributed by atoms with Crippen LogP contribution < -0.4 is 0 Å². The fourth-order valence-electron chi connectivity index (χ4n) is 2.97. The van der Waals surface area contributed by atoms with Crippen molar-refractivity contribution < 1.29 is 22.1 Å². The van der Waals surface area contributed by atoms with Crippen LogP contribution in [0.2, 0.25) is 0 Å². The molecule has 0 aliphatic rings. The summed E-state index contributed by atoms with van der Waals surface area (Å²) in [5, 5.41) is 14.0. The van der Waals surface area contributed by atoms with Gasteiger partial charge >= 0.3 is 6.18 Å². The zero-order chi connectivity index (χ0) is 21.8. The van der Waals surface area contributed by atoms with E-state index in [2.05, 4.69) is 20.3 Å². The number of nitrogens with zero attached hydrogens (tertiary/aromatic N) is 5. The summed E-state index contributed by atoms with van der Waals surface area (Å²) >= 11 is 1.52. The molecule has 0 amide bonds. The highest BCUT2D eigenvalue weighted by atomic mass is 32.1. The monoisotopic (exact) mass is 449 g/mol. The fraction of sp³-hybridized carbons (Fsp3) is 0.300. The van der Waals surface area contributed by atoms with Gasteiger partial charge in [-0.3, -0.25) is 4.90 Å². The van der Waals surface area contributed by atoms with E-state index >= 15 is 0 Å². The molecule has 3 aromatic heterocycles. The first-order chi connectivity index (χ1) is 14.9. The Morgan fingerprint density at radius 2 is 1.81 bits per heavy atom. The summed E-state index contributed by atoms with van der Waals surface area (Å²) in [5.74, 6) is 1.53. The normalized spacial score (nSPS) is 12.0. The molecule has 0 bridgehead atoms. The molecule has 0 unspecified atom stereocenters. The first kappa shape index (κ1) is 21.2. The molecular weight excluding hydrogens is 431 g/mol. The van der Waals surface area contributed by atoms with Crippen LogP contribution in [0.5, 0.6) is 0 Å². The van der Waals surface area contributed by atoms with Crippen molar-refractivity contribution in [2.75, 3.05) is 6.54 Å². The Labute approximate surface area is 179 Å². The Bertz CT molecular complexity index is 1110. The van der Waals surface area contributed by atoms with Gasteiger partial charge in [0.1, 0.15) is 0 Å². The van der Waals surface area contributed by atoms with Crippen LogP contribution in [0.15, 0.2) is 50.7 Å². The Balaban J connectivity index is 1.44. The third kappa shape index (κ3) is 5.17. The fourth-order valence-corrected chi connectivity index (χ4v) is 3.62. The summed E-state index contributed by atoms with van der Waals surface area (Å²) < 4.78 is 49.2. The smallest absolute Gasteiger partial charge is 0.416 e. The predicted octanol–water partition coefficient (Wildman–Crippen LogP) is 5.28. The molecule has 0 N–H and O–H groups in total. The molecule has 3 heterocycles. The lowest BCUT2D eigenvalue weighted by molar-refractivity contribution is -0.137. The van der Waals surface area contributed by atoms with Crippen molar-refractivity contribution in [1.82, 2.24) is 25.2 Å². The quantitative estimate of drug-likeness (QED) is 0.362. The summed E-state index contributed by atoms with van der Waals surface area (Å²) in [6.07, 6.45) is -3.51. The van der Waals surface area contributed by atoms with Crippen LogP contribution >= 0.6 is 11.3 Å². The minimum atomic E-state index is -4.39. The molecule has 0 saturated heterocycles. The van der Waals surface area contributed by atoms with Crippen LogP contribution in [0.1, 0.15) is 30.7 Å². The van der Waals surface area contributed by atoms with E-state index in [1.54, 1.807) is 0 Å². The van der Waals surface area contributed by atoms with Crippen molar-refractivity contribution in [2.45, 2.75) is 32.6 Å². The largest absolute Gasteiger partial charge is 0.419 e. The zero-order valence-electron chi connectivity index (χ0n) is 16.5. The molecule has 7 nitrogen and oxygen atoms in total. The van der Waals surface area contributed by atoms with Crippen molar-refractivity contribution in [3.05, 3.63) is 59.1 Å². The highest BCUT2D eigenvalue weighted by molar-refractivity contribution is 7.13. The van der Waals surface area contributed by atoms with Crippen molar-refractivity contribution >= 4 is 11.3 Å². The topological polar surface area (TPSA) is 81.1 Å². The second-order valence-electron chi connectivity index (χ2n) is 6.78. The summed E-state index contributed by atoms with van der Waals surface area (Å²) in [6, 6.07) is 8.46. The van der Waals surface area contributed by atoms with Crippen LogP contribution in [-0.2, 0) is 19.3 Å². The van der Waals surface area contributed by atoms with Gasteiger partial charge in [-0.05, 0) is 36.5 Å². The van der Waals surface area contributed by atoms with Crippen LogP contribution in [0.3, 0.4) is 0 Å². The first-order valence-corrected chi connectivity index (χ1v) is 10.4. The Morgan fingerprint density at radius 3 is 2.48 bits per heavy atom. The molecule has 11 heteroatoms. The number of rotatable bonds is 8. The van der Waals surface area contributed by atoms with Crippen LogP contribution in [0.25, 0.3) is 22.2 Å². The van der Waals surface area contributed by atoms with E-state index in [-0.39, 0.29) is 5.82 Å². The van der Waals surface area contributed by atoms with Crippen LogP contribution in [-0.4, -0.2) is 31.8 Å². The van der Waals surface area contributed by atoms with Crippen molar-refractivity contribution in [2.24, 2.45) is 0 Å².